The van der Waals surface area contributed by atoms with Crippen molar-refractivity contribution >= 4 is 11.3 Å². The van der Waals surface area contributed by atoms with Gasteiger partial charge in [0.15, 0.2) is 0 Å². The Morgan fingerprint density at radius 1 is 1.42 bits per heavy atom. The summed E-state index contributed by atoms with van der Waals surface area (Å²) in [5.41, 5.74) is 1.22. The van der Waals surface area contributed by atoms with Crippen molar-refractivity contribution in [2.45, 2.75) is 65.2 Å². The lowest BCUT2D eigenvalue weighted by Gasteiger charge is -2.25. The van der Waals surface area contributed by atoms with E-state index in [0.29, 0.717) is 6.04 Å². The Morgan fingerprint density at radius 2 is 2.16 bits per heavy atom. The van der Waals surface area contributed by atoms with E-state index in [9.17, 15) is 0 Å². The van der Waals surface area contributed by atoms with Crippen molar-refractivity contribution in [2.75, 3.05) is 7.05 Å². The summed E-state index contributed by atoms with van der Waals surface area (Å²) in [6, 6.07) is 1.39. The SMILES string of the molecule is CC(C)CC(C)N(C)Cc1csc(CNC2CC2)n1. The van der Waals surface area contributed by atoms with Crippen molar-refractivity contribution in [3.63, 3.8) is 0 Å². The summed E-state index contributed by atoms with van der Waals surface area (Å²) in [6.07, 6.45) is 3.93. The van der Waals surface area contributed by atoms with Gasteiger partial charge >= 0.3 is 0 Å². The standard InChI is InChI=1S/C15H27N3S/c1-11(2)7-12(3)18(4)9-14-10-19-15(17-14)8-16-13-5-6-13/h10-13,16H,5-9H2,1-4H3. The first-order valence-electron chi connectivity index (χ1n) is 7.41. The van der Waals surface area contributed by atoms with Gasteiger partial charge in [-0.1, -0.05) is 13.8 Å². The molecule has 4 heteroatoms. The van der Waals surface area contributed by atoms with Crippen LogP contribution in [0.4, 0.5) is 0 Å². The monoisotopic (exact) mass is 281 g/mol. The Hall–Kier alpha value is -0.450. The van der Waals surface area contributed by atoms with E-state index in [1.807, 2.05) is 0 Å². The molecular weight excluding hydrogens is 254 g/mol. The minimum absolute atomic E-state index is 0.620. The van der Waals surface area contributed by atoms with Crippen LogP contribution < -0.4 is 5.32 Å². The van der Waals surface area contributed by atoms with Crippen LogP contribution in [0.1, 0.15) is 50.7 Å². The van der Waals surface area contributed by atoms with Gasteiger partial charge in [-0.15, -0.1) is 11.3 Å². The topological polar surface area (TPSA) is 28.2 Å². The van der Waals surface area contributed by atoms with Crippen LogP contribution in [0.25, 0.3) is 0 Å². The Labute approximate surface area is 121 Å². The molecule has 1 aliphatic rings. The maximum Gasteiger partial charge on any atom is 0.107 e. The lowest BCUT2D eigenvalue weighted by molar-refractivity contribution is 0.218. The van der Waals surface area contributed by atoms with Gasteiger partial charge in [0.05, 0.1) is 5.69 Å². The third-order valence-electron chi connectivity index (χ3n) is 3.69. The molecule has 3 nitrogen and oxygen atoms in total. The van der Waals surface area contributed by atoms with Gasteiger partial charge in [-0.25, -0.2) is 4.98 Å². The van der Waals surface area contributed by atoms with Crippen LogP contribution in [-0.2, 0) is 13.1 Å². The number of nitrogens with one attached hydrogen (secondary N) is 1. The fourth-order valence-corrected chi connectivity index (χ4v) is 3.03. The molecule has 0 radical (unpaired) electrons. The molecule has 1 aromatic rings. The molecule has 1 unspecified atom stereocenters. The zero-order valence-electron chi connectivity index (χ0n) is 12.6. The number of hydrogen-bond donors (Lipinski definition) is 1. The Balaban J connectivity index is 1.77. The zero-order chi connectivity index (χ0) is 13.8. The van der Waals surface area contributed by atoms with Crippen LogP contribution in [0.15, 0.2) is 5.38 Å². The van der Waals surface area contributed by atoms with Gasteiger partial charge in [0.1, 0.15) is 5.01 Å². The molecule has 0 aliphatic heterocycles. The third-order valence-corrected chi connectivity index (χ3v) is 4.59. The largest absolute Gasteiger partial charge is 0.308 e. The molecule has 0 saturated heterocycles. The highest BCUT2D eigenvalue weighted by Crippen LogP contribution is 2.20. The molecule has 108 valence electrons. The second-order valence-electron chi connectivity index (χ2n) is 6.28. The number of nitrogens with zero attached hydrogens (tertiary/aromatic N) is 2. The van der Waals surface area contributed by atoms with Crippen molar-refractivity contribution in [1.82, 2.24) is 15.2 Å². The molecule has 2 rings (SSSR count). The first kappa shape index (κ1) is 14.9. The molecule has 0 spiro atoms. The summed E-state index contributed by atoms with van der Waals surface area (Å²) in [4.78, 5) is 7.14. The Morgan fingerprint density at radius 3 is 2.79 bits per heavy atom. The molecule has 1 aliphatic carbocycles. The van der Waals surface area contributed by atoms with E-state index in [1.54, 1.807) is 11.3 Å². The fourth-order valence-electron chi connectivity index (χ4n) is 2.30. The van der Waals surface area contributed by atoms with Gasteiger partial charge in [0.25, 0.3) is 0 Å². The van der Waals surface area contributed by atoms with Gasteiger partial charge in [0.2, 0.25) is 0 Å². The van der Waals surface area contributed by atoms with Gasteiger partial charge < -0.3 is 5.32 Å². The van der Waals surface area contributed by atoms with E-state index in [-0.39, 0.29) is 0 Å². The summed E-state index contributed by atoms with van der Waals surface area (Å²) in [5.74, 6) is 0.756. The summed E-state index contributed by atoms with van der Waals surface area (Å²) >= 11 is 1.79. The van der Waals surface area contributed by atoms with E-state index in [0.717, 1.165) is 25.0 Å². The highest BCUT2D eigenvalue weighted by Gasteiger charge is 2.20. The molecule has 0 bridgehead atoms. The van der Waals surface area contributed by atoms with E-state index < -0.39 is 0 Å². The first-order chi connectivity index (χ1) is 9.04. The van der Waals surface area contributed by atoms with Crippen LogP contribution in [0, 0.1) is 5.92 Å². The maximum absolute atomic E-state index is 4.73. The summed E-state index contributed by atoms with van der Waals surface area (Å²) in [7, 11) is 2.20. The van der Waals surface area contributed by atoms with E-state index in [4.69, 9.17) is 4.98 Å². The van der Waals surface area contributed by atoms with Crippen molar-refractivity contribution in [1.29, 1.82) is 0 Å². The predicted octanol–water partition coefficient (Wildman–Crippen LogP) is 3.26. The van der Waals surface area contributed by atoms with Crippen LogP contribution >= 0.6 is 11.3 Å². The van der Waals surface area contributed by atoms with Crippen molar-refractivity contribution in [3.05, 3.63) is 16.1 Å². The van der Waals surface area contributed by atoms with Crippen LogP contribution in [0.2, 0.25) is 0 Å². The van der Waals surface area contributed by atoms with Crippen LogP contribution in [0.3, 0.4) is 0 Å². The summed E-state index contributed by atoms with van der Waals surface area (Å²) in [6.45, 7) is 8.79. The molecular formula is C15H27N3S. The Kier molecular flexibility index (Phi) is 5.37. The number of hydrogen-bond acceptors (Lipinski definition) is 4. The molecule has 1 fully saturated rings. The van der Waals surface area contributed by atoms with Gasteiger partial charge in [-0.2, -0.15) is 0 Å². The third kappa shape index (κ3) is 5.21. The van der Waals surface area contributed by atoms with Gasteiger partial charge in [-0.05, 0) is 39.2 Å². The van der Waals surface area contributed by atoms with Crippen molar-refractivity contribution in [2.24, 2.45) is 5.92 Å². The summed E-state index contributed by atoms with van der Waals surface area (Å²) in [5, 5.41) is 6.96. The fraction of sp³-hybridized carbons (Fsp3) is 0.800. The zero-order valence-corrected chi connectivity index (χ0v) is 13.5. The average molecular weight is 281 g/mol. The molecule has 1 saturated carbocycles. The second-order valence-corrected chi connectivity index (χ2v) is 7.22. The molecule has 0 aromatic carbocycles. The predicted molar refractivity (Wildman–Crippen MR) is 82.4 cm³/mol. The van der Waals surface area contributed by atoms with Crippen LogP contribution in [-0.4, -0.2) is 29.0 Å². The quantitative estimate of drug-likeness (QED) is 0.793. The molecule has 1 aromatic heterocycles. The number of thiazole rings is 1. The van der Waals surface area contributed by atoms with E-state index in [2.05, 4.69) is 43.4 Å². The van der Waals surface area contributed by atoms with Gasteiger partial charge in [-0.3, -0.25) is 4.90 Å². The minimum atomic E-state index is 0.620. The molecule has 1 atom stereocenters. The smallest absolute Gasteiger partial charge is 0.107 e. The highest BCUT2D eigenvalue weighted by molar-refractivity contribution is 7.09. The van der Waals surface area contributed by atoms with Crippen LogP contribution in [0.5, 0.6) is 0 Å². The van der Waals surface area contributed by atoms with E-state index in [1.165, 1.54) is 30.0 Å². The lowest BCUT2D eigenvalue weighted by Crippen LogP contribution is -2.29. The molecule has 1 heterocycles. The maximum atomic E-state index is 4.73. The highest BCUT2D eigenvalue weighted by atomic mass is 32.1. The second kappa shape index (κ2) is 6.82. The normalized spacial score (nSPS) is 17.4. The molecule has 1 N–H and O–H groups in total. The van der Waals surface area contributed by atoms with Crippen molar-refractivity contribution < 1.29 is 0 Å². The minimum Gasteiger partial charge on any atom is -0.308 e. The summed E-state index contributed by atoms with van der Waals surface area (Å²) < 4.78 is 0. The van der Waals surface area contributed by atoms with Crippen molar-refractivity contribution in [3.8, 4) is 0 Å². The Bertz CT molecular complexity index is 384. The average Bonchev–Trinajstić information content (AvgIpc) is 3.06. The number of rotatable bonds is 8. The van der Waals surface area contributed by atoms with E-state index >= 15 is 0 Å². The molecule has 0 amide bonds. The lowest BCUT2D eigenvalue weighted by atomic mass is 10.0. The van der Waals surface area contributed by atoms with Gasteiger partial charge in [0, 0.05) is 30.6 Å². The molecule has 19 heavy (non-hydrogen) atoms. The first-order valence-corrected chi connectivity index (χ1v) is 8.29. The number of aromatic nitrogens is 1.